The second-order valence-corrected chi connectivity index (χ2v) is 6.93. The zero-order chi connectivity index (χ0) is 17.4. The molecule has 0 saturated heterocycles. The maximum atomic E-state index is 12.6. The van der Waals surface area contributed by atoms with Crippen LogP contribution in [-0.2, 0) is 0 Å². The van der Waals surface area contributed by atoms with Gasteiger partial charge in [0.1, 0.15) is 10.6 Å². The first-order chi connectivity index (χ1) is 12.2. The molecule has 4 rings (SSSR count). The van der Waals surface area contributed by atoms with Crippen molar-refractivity contribution < 1.29 is 13.9 Å². The number of hydrogen-bond donors (Lipinski definition) is 1. The average molecular weight is 355 g/mol. The maximum Gasteiger partial charge on any atom is 0.259 e. The number of anilines is 1. The Morgan fingerprint density at radius 3 is 2.88 bits per heavy atom. The van der Waals surface area contributed by atoms with Gasteiger partial charge in [0.15, 0.2) is 0 Å². The van der Waals surface area contributed by atoms with Crippen LogP contribution in [0.3, 0.4) is 0 Å². The van der Waals surface area contributed by atoms with Crippen LogP contribution >= 0.6 is 11.3 Å². The standard InChI is InChI=1S/C18H17N3O3S/c1-10-9-12(23-2)5-6-13(10)16(22)19-14-7-8-25-15(14)18-21-20-17(24-18)11-3-4-11/h5-9,11H,3-4H2,1-2H3,(H,19,22). The number of carbonyl (C=O) groups excluding carboxylic acids is 1. The fourth-order valence-corrected chi connectivity index (χ4v) is 3.37. The largest absolute Gasteiger partial charge is 0.497 e. The summed E-state index contributed by atoms with van der Waals surface area (Å²) >= 11 is 1.46. The minimum atomic E-state index is -0.179. The number of aryl methyl sites for hydroxylation is 1. The summed E-state index contributed by atoms with van der Waals surface area (Å²) < 4.78 is 10.9. The van der Waals surface area contributed by atoms with Crippen molar-refractivity contribution in [2.45, 2.75) is 25.7 Å². The van der Waals surface area contributed by atoms with E-state index in [4.69, 9.17) is 9.15 Å². The molecule has 0 unspecified atom stereocenters. The number of aromatic nitrogens is 2. The molecule has 3 aromatic rings. The number of ether oxygens (including phenoxy) is 1. The third kappa shape index (κ3) is 3.15. The lowest BCUT2D eigenvalue weighted by atomic mass is 10.1. The first kappa shape index (κ1) is 15.8. The third-order valence-corrected chi connectivity index (χ3v) is 5.06. The van der Waals surface area contributed by atoms with E-state index in [1.54, 1.807) is 19.2 Å². The molecule has 1 amide bonds. The molecule has 0 radical (unpaired) electrons. The van der Waals surface area contributed by atoms with Gasteiger partial charge in [-0.15, -0.1) is 21.5 Å². The van der Waals surface area contributed by atoms with E-state index in [0.717, 1.165) is 29.0 Å². The smallest absolute Gasteiger partial charge is 0.259 e. The summed E-state index contributed by atoms with van der Waals surface area (Å²) in [5, 5.41) is 13.1. The molecule has 2 heterocycles. The first-order valence-electron chi connectivity index (χ1n) is 8.03. The molecule has 0 aliphatic heterocycles. The van der Waals surface area contributed by atoms with Crippen LogP contribution in [0.1, 0.15) is 40.6 Å². The summed E-state index contributed by atoms with van der Waals surface area (Å²) in [6.07, 6.45) is 2.21. The second kappa shape index (κ2) is 6.33. The lowest BCUT2D eigenvalue weighted by Crippen LogP contribution is -2.13. The lowest BCUT2D eigenvalue weighted by molar-refractivity contribution is 0.102. The highest BCUT2D eigenvalue weighted by Crippen LogP contribution is 2.41. The molecule has 1 N–H and O–H groups in total. The number of thiophene rings is 1. The molecular formula is C18H17N3O3S. The Labute approximate surface area is 148 Å². The Morgan fingerprint density at radius 2 is 2.16 bits per heavy atom. The lowest BCUT2D eigenvalue weighted by Gasteiger charge is -2.09. The molecule has 1 aromatic carbocycles. The van der Waals surface area contributed by atoms with Gasteiger partial charge in [-0.25, -0.2) is 0 Å². The zero-order valence-electron chi connectivity index (χ0n) is 13.9. The van der Waals surface area contributed by atoms with Crippen molar-refractivity contribution in [3.63, 3.8) is 0 Å². The van der Waals surface area contributed by atoms with Gasteiger partial charge in [0.25, 0.3) is 11.8 Å². The number of rotatable bonds is 5. The molecule has 6 nitrogen and oxygen atoms in total. The van der Waals surface area contributed by atoms with Crippen molar-refractivity contribution in [1.29, 1.82) is 0 Å². The normalized spacial score (nSPS) is 13.7. The van der Waals surface area contributed by atoms with Crippen LogP contribution in [-0.4, -0.2) is 23.2 Å². The Morgan fingerprint density at radius 1 is 1.32 bits per heavy atom. The van der Waals surface area contributed by atoms with Gasteiger partial charge in [-0.1, -0.05) is 0 Å². The number of benzene rings is 1. The first-order valence-corrected chi connectivity index (χ1v) is 8.91. The minimum Gasteiger partial charge on any atom is -0.497 e. The third-order valence-electron chi connectivity index (χ3n) is 4.15. The van der Waals surface area contributed by atoms with Gasteiger partial charge in [0, 0.05) is 11.5 Å². The van der Waals surface area contributed by atoms with Crippen LogP contribution in [0.5, 0.6) is 5.75 Å². The fraction of sp³-hybridized carbons (Fsp3) is 0.278. The van der Waals surface area contributed by atoms with Crippen molar-refractivity contribution in [3.05, 3.63) is 46.7 Å². The monoisotopic (exact) mass is 355 g/mol. The second-order valence-electron chi connectivity index (χ2n) is 6.02. The summed E-state index contributed by atoms with van der Waals surface area (Å²) in [5.74, 6) is 2.09. The summed E-state index contributed by atoms with van der Waals surface area (Å²) in [7, 11) is 1.60. The number of methoxy groups -OCH3 is 1. The van der Waals surface area contributed by atoms with Crippen molar-refractivity contribution in [2.75, 3.05) is 12.4 Å². The van der Waals surface area contributed by atoms with E-state index >= 15 is 0 Å². The van der Waals surface area contributed by atoms with Crippen LogP contribution in [0.25, 0.3) is 10.8 Å². The minimum absolute atomic E-state index is 0.179. The molecule has 1 saturated carbocycles. The van der Waals surface area contributed by atoms with Crippen LogP contribution < -0.4 is 10.1 Å². The number of amides is 1. The summed E-state index contributed by atoms with van der Waals surface area (Å²) in [4.78, 5) is 13.4. The van der Waals surface area contributed by atoms with Gasteiger partial charge in [-0.2, -0.15) is 0 Å². The van der Waals surface area contributed by atoms with E-state index in [9.17, 15) is 4.79 Å². The van der Waals surface area contributed by atoms with Gasteiger partial charge >= 0.3 is 0 Å². The van der Waals surface area contributed by atoms with E-state index in [1.807, 2.05) is 24.4 Å². The molecule has 2 aromatic heterocycles. The summed E-state index contributed by atoms with van der Waals surface area (Å²) in [6.45, 7) is 1.88. The van der Waals surface area contributed by atoms with Crippen molar-refractivity contribution in [3.8, 4) is 16.5 Å². The van der Waals surface area contributed by atoms with Gasteiger partial charge in [0.2, 0.25) is 5.89 Å². The van der Waals surface area contributed by atoms with Crippen LogP contribution in [0.15, 0.2) is 34.1 Å². The Hall–Kier alpha value is -2.67. The molecule has 1 aliphatic carbocycles. The molecule has 0 spiro atoms. The summed E-state index contributed by atoms with van der Waals surface area (Å²) in [6, 6.07) is 7.21. The highest BCUT2D eigenvalue weighted by atomic mass is 32.1. The van der Waals surface area contributed by atoms with E-state index in [-0.39, 0.29) is 5.91 Å². The molecule has 7 heteroatoms. The molecule has 1 fully saturated rings. The Balaban J connectivity index is 1.57. The van der Waals surface area contributed by atoms with Crippen LogP contribution in [0.4, 0.5) is 5.69 Å². The van der Waals surface area contributed by atoms with E-state index < -0.39 is 0 Å². The number of nitrogens with one attached hydrogen (secondary N) is 1. The van der Waals surface area contributed by atoms with E-state index in [1.165, 1.54) is 11.3 Å². The average Bonchev–Trinajstić information content (AvgIpc) is 3.16. The Kier molecular flexibility index (Phi) is 4.01. The predicted octanol–water partition coefficient (Wildman–Crippen LogP) is 4.24. The van der Waals surface area contributed by atoms with Gasteiger partial charge in [-0.05, 0) is 55.0 Å². The van der Waals surface area contributed by atoms with Crippen LogP contribution in [0, 0.1) is 6.92 Å². The summed E-state index contributed by atoms with van der Waals surface area (Å²) in [5.41, 5.74) is 2.13. The number of carbonyl (C=O) groups is 1. The van der Waals surface area contributed by atoms with Crippen molar-refractivity contribution in [2.24, 2.45) is 0 Å². The molecular weight excluding hydrogens is 338 g/mol. The van der Waals surface area contributed by atoms with Gasteiger partial charge < -0.3 is 14.5 Å². The molecule has 128 valence electrons. The molecule has 1 aliphatic rings. The van der Waals surface area contributed by atoms with Gasteiger partial charge in [0.05, 0.1) is 12.8 Å². The topological polar surface area (TPSA) is 77.2 Å². The van der Waals surface area contributed by atoms with Crippen LogP contribution in [0.2, 0.25) is 0 Å². The SMILES string of the molecule is COc1ccc(C(=O)Nc2ccsc2-c2nnc(C3CC3)o2)c(C)c1. The predicted molar refractivity (Wildman–Crippen MR) is 95.3 cm³/mol. The molecule has 0 atom stereocenters. The molecule has 25 heavy (non-hydrogen) atoms. The number of nitrogens with zero attached hydrogens (tertiary/aromatic N) is 2. The molecule has 0 bridgehead atoms. The van der Waals surface area contributed by atoms with E-state index in [0.29, 0.717) is 29.0 Å². The van der Waals surface area contributed by atoms with Crippen molar-refractivity contribution >= 4 is 22.9 Å². The fourth-order valence-electron chi connectivity index (χ4n) is 2.60. The van der Waals surface area contributed by atoms with Gasteiger partial charge in [-0.3, -0.25) is 4.79 Å². The highest BCUT2D eigenvalue weighted by molar-refractivity contribution is 7.14. The quantitative estimate of drug-likeness (QED) is 0.740. The Bertz CT molecular complexity index is 927. The zero-order valence-corrected chi connectivity index (χ0v) is 14.7. The van der Waals surface area contributed by atoms with Crippen molar-refractivity contribution in [1.82, 2.24) is 10.2 Å². The maximum absolute atomic E-state index is 12.6. The number of hydrogen-bond acceptors (Lipinski definition) is 6. The highest BCUT2D eigenvalue weighted by Gasteiger charge is 2.30. The van der Waals surface area contributed by atoms with E-state index in [2.05, 4.69) is 15.5 Å².